The van der Waals surface area contributed by atoms with E-state index in [0.29, 0.717) is 16.8 Å². The quantitative estimate of drug-likeness (QED) is 0.759. The zero-order chi connectivity index (χ0) is 16.4. The number of hydrogen-bond acceptors (Lipinski definition) is 5. The molecular formula is C18H21N3O2. The molecule has 1 saturated heterocycles. The lowest BCUT2D eigenvalue weighted by atomic mass is 9.86. The molecule has 120 valence electrons. The van der Waals surface area contributed by atoms with E-state index in [4.69, 9.17) is 5.73 Å². The summed E-state index contributed by atoms with van der Waals surface area (Å²) in [5.41, 5.74) is 8.75. The molecule has 0 saturated carbocycles. The molecule has 2 aromatic rings. The Kier molecular flexibility index (Phi) is 4.30. The smallest absolute Gasteiger partial charge is 0.163 e. The lowest BCUT2D eigenvalue weighted by molar-refractivity contribution is 0.101. The van der Waals surface area contributed by atoms with Crippen molar-refractivity contribution in [3.8, 4) is 17.0 Å². The molecule has 5 heteroatoms. The number of phenolic OH excluding ortho intramolecular Hbond substituents is 1. The first-order valence-corrected chi connectivity index (χ1v) is 7.88. The highest BCUT2D eigenvalue weighted by atomic mass is 16.3. The number of hydrogen-bond donors (Lipinski definition) is 3. The number of anilines is 1. The predicted molar refractivity (Wildman–Crippen MR) is 90.6 cm³/mol. The fraction of sp³-hybridized carbons (Fsp3) is 0.333. The lowest BCUT2D eigenvalue weighted by Crippen LogP contribution is -2.29. The van der Waals surface area contributed by atoms with Gasteiger partial charge in [-0.05, 0) is 56.0 Å². The van der Waals surface area contributed by atoms with E-state index < -0.39 is 0 Å². The highest BCUT2D eigenvalue weighted by Crippen LogP contribution is 2.35. The Labute approximate surface area is 135 Å². The minimum absolute atomic E-state index is 0.0700. The summed E-state index contributed by atoms with van der Waals surface area (Å²) in [6.45, 7) is 3.34. The van der Waals surface area contributed by atoms with Crippen LogP contribution in [-0.2, 0) is 0 Å². The Morgan fingerprint density at radius 2 is 2.17 bits per heavy atom. The number of ketones is 1. The number of nitrogen functional groups attached to an aromatic ring is 1. The van der Waals surface area contributed by atoms with E-state index in [1.807, 2.05) is 12.1 Å². The first-order chi connectivity index (χ1) is 11.1. The van der Waals surface area contributed by atoms with Crippen LogP contribution >= 0.6 is 0 Å². The Morgan fingerprint density at radius 3 is 2.83 bits per heavy atom. The summed E-state index contributed by atoms with van der Waals surface area (Å²) < 4.78 is 0. The molecule has 2 heterocycles. The van der Waals surface area contributed by atoms with Crippen LogP contribution in [-0.4, -0.2) is 29.0 Å². The molecule has 1 fully saturated rings. The van der Waals surface area contributed by atoms with Crippen molar-refractivity contribution in [2.45, 2.75) is 25.7 Å². The number of piperidine rings is 1. The van der Waals surface area contributed by atoms with Gasteiger partial charge in [0.15, 0.2) is 5.78 Å². The van der Waals surface area contributed by atoms with Crippen molar-refractivity contribution in [3.63, 3.8) is 0 Å². The number of aromatic hydroxyl groups is 1. The van der Waals surface area contributed by atoms with Crippen LogP contribution in [0.25, 0.3) is 11.3 Å². The summed E-state index contributed by atoms with van der Waals surface area (Å²) in [6, 6.07) is 8.92. The summed E-state index contributed by atoms with van der Waals surface area (Å²) in [4.78, 5) is 16.4. The fourth-order valence-electron chi connectivity index (χ4n) is 3.24. The molecule has 0 amide bonds. The SMILES string of the molecule is CC(=O)c1c(C2CCCNC2)cc(-c2ccccc2O)nc1N. The van der Waals surface area contributed by atoms with Crippen molar-refractivity contribution in [1.82, 2.24) is 10.3 Å². The molecule has 0 bridgehead atoms. The standard InChI is InChI=1S/C18H21N3O2/c1-11(22)17-14(12-5-4-8-20-10-12)9-15(21-18(17)19)13-6-2-3-7-16(13)23/h2-3,6-7,9,12,20,23H,4-5,8,10H2,1H3,(H2,19,21). The van der Waals surface area contributed by atoms with Crippen molar-refractivity contribution >= 4 is 11.6 Å². The normalized spacial score (nSPS) is 17.9. The van der Waals surface area contributed by atoms with Crippen molar-refractivity contribution in [2.75, 3.05) is 18.8 Å². The number of Topliss-reactive ketones (excluding diaryl/α,β-unsaturated/α-hetero) is 1. The number of phenols is 1. The van der Waals surface area contributed by atoms with E-state index in [1.54, 1.807) is 18.2 Å². The number of nitrogens with zero attached hydrogens (tertiary/aromatic N) is 1. The zero-order valence-electron chi connectivity index (χ0n) is 13.2. The molecule has 1 aromatic heterocycles. The molecule has 1 unspecified atom stereocenters. The summed E-state index contributed by atoms with van der Waals surface area (Å²) in [5.74, 6) is 0.554. The van der Waals surface area contributed by atoms with Crippen molar-refractivity contribution in [3.05, 3.63) is 41.5 Å². The highest BCUT2D eigenvalue weighted by molar-refractivity contribution is 6.00. The van der Waals surface area contributed by atoms with Crippen LogP contribution in [0.1, 0.15) is 41.6 Å². The second-order valence-corrected chi connectivity index (χ2v) is 5.97. The molecule has 5 nitrogen and oxygen atoms in total. The van der Waals surface area contributed by atoms with E-state index in [9.17, 15) is 9.90 Å². The summed E-state index contributed by atoms with van der Waals surface area (Å²) in [5, 5.41) is 13.4. The maximum absolute atomic E-state index is 12.1. The number of aromatic nitrogens is 1. The first kappa shape index (κ1) is 15.5. The number of nitrogens with two attached hydrogens (primary N) is 1. The predicted octanol–water partition coefficient (Wildman–Crippen LogP) is 2.71. The molecule has 0 spiro atoms. The van der Waals surface area contributed by atoms with Gasteiger partial charge in [-0.1, -0.05) is 12.1 Å². The second kappa shape index (κ2) is 6.38. The maximum Gasteiger partial charge on any atom is 0.163 e. The van der Waals surface area contributed by atoms with Gasteiger partial charge in [-0.15, -0.1) is 0 Å². The zero-order valence-corrected chi connectivity index (χ0v) is 13.2. The van der Waals surface area contributed by atoms with Crippen molar-refractivity contribution in [1.29, 1.82) is 0 Å². The number of carbonyl (C=O) groups excluding carboxylic acids is 1. The van der Waals surface area contributed by atoms with E-state index in [-0.39, 0.29) is 23.3 Å². The molecule has 23 heavy (non-hydrogen) atoms. The summed E-state index contributed by atoms with van der Waals surface area (Å²) in [7, 11) is 0. The Balaban J connectivity index is 2.15. The van der Waals surface area contributed by atoms with Crippen LogP contribution in [0.4, 0.5) is 5.82 Å². The molecule has 0 radical (unpaired) electrons. The molecule has 1 aromatic carbocycles. The molecular weight excluding hydrogens is 290 g/mol. The van der Waals surface area contributed by atoms with Crippen LogP contribution in [0.15, 0.2) is 30.3 Å². The third-order valence-electron chi connectivity index (χ3n) is 4.35. The largest absolute Gasteiger partial charge is 0.507 e. The average Bonchev–Trinajstić information content (AvgIpc) is 2.55. The number of rotatable bonds is 3. The number of para-hydroxylation sites is 1. The van der Waals surface area contributed by atoms with E-state index in [0.717, 1.165) is 31.5 Å². The van der Waals surface area contributed by atoms with Gasteiger partial charge in [0.05, 0.1) is 11.3 Å². The number of pyridine rings is 1. The molecule has 1 aliphatic heterocycles. The van der Waals surface area contributed by atoms with Gasteiger partial charge in [-0.25, -0.2) is 4.98 Å². The third kappa shape index (κ3) is 3.05. The van der Waals surface area contributed by atoms with Crippen LogP contribution in [0, 0.1) is 0 Å². The van der Waals surface area contributed by atoms with Gasteiger partial charge < -0.3 is 16.2 Å². The van der Waals surface area contributed by atoms with E-state index in [1.165, 1.54) is 6.92 Å². The van der Waals surface area contributed by atoms with Gasteiger partial charge in [0, 0.05) is 12.1 Å². The lowest BCUT2D eigenvalue weighted by Gasteiger charge is -2.25. The van der Waals surface area contributed by atoms with Crippen LogP contribution in [0.2, 0.25) is 0 Å². The van der Waals surface area contributed by atoms with Gasteiger partial charge in [-0.2, -0.15) is 0 Å². The monoisotopic (exact) mass is 311 g/mol. The number of nitrogens with one attached hydrogen (secondary N) is 1. The summed E-state index contributed by atoms with van der Waals surface area (Å²) in [6.07, 6.45) is 2.08. The minimum Gasteiger partial charge on any atom is -0.507 e. The van der Waals surface area contributed by atoms with Gasteiger partial charge in [-0.3, -0.25) is 4.79 Å². The molecule has 1 aliphatic rings. The maximum atomic E-state index is 12.1. The molecule has 1 atom stereocenters. The van der Waals surface area contributed by atoms with Gasteiger partial charge in [0.1, 0.15) is 11.6 Å². The molecule has 0 aliphatic carbocycles. The van der Waals surface area contributed by atoms with Gasteiger partial charge in [0.2, 0.25) is 0 Å². The topological polar surface area (TPSA) is 88.2 Å². The Bertz CT molecular complexity index is 737. The Morgan fingerprint density at radius 1 is 1.39 bits per heavy atom. The second-order valence-electron chi connectivity index (χ2n) is 5.97. The summed E-state index contributed by atoms with van der Waals surface area (Å²) >= 11 is 0. The number of benzene rings is 1. The van der Waals surface area contributed by atoms with E-state index in [2.05, 4.69) is 10.3 Å². The molecule has 3 rings (SSSR count). The van der Waals surface area contributed by atoms with E-state index >= 15 is 0 Å². The van der Waals surface area contributed by atoms with Crippen molar-refractivity contribution in [2.24, 2.45) is 0 Å². The first-order valence-electron chi connectivity index (χ1n) is 7.88. The van der Waals surface area contributed by atoms with Crippen LogP contribution in [0.5, 0.6) is 5.75 Å². The number of carbonyl (C=O) groups is 1. The fourth-order valence-corrected chi connectivity index (χ4v) is 3.24. The third-order valence-corrected chi connectivity index (χ3v) is 4.35. The van der Waals surface area contributed by atoms with Crippen molar-refractivity contribution < 1.29 is 9.90 Å². The Hall–Kier alpha value is -2.40. The highest BCUT2D eigenvalue weighted by Gasteiger charge is 2.24. The van der Waals surface area contributed by atoms with Crippen LogP contribution < -0.4 is 11.1 Å². The molecule has 4 N–H and O–H groups in total. The minimum atomic E-state index is -0.0700. The van der Waals surface area contributed by atoms with Crippen LogP contribution in [0.3, 0.4) is 0 Å². The van der Waals surface area contributed by atoms with Gasteiger partial charge in [0.25, 0.3) is 0 Å². The average molecular weight is 311 g/mol. The van der Waals surface area contributed by atoms with Gasteiger partial charge >= 0.3 is 0 Å².